The van der Waals surface area contributed by atoms with E-state index in [-0.39, 0.29) is 0 Å². The molecule has 0 aromatic carbocycles. The van der Waals surface area contributed by atoms with Gasteiger partial charge in [-0.1, -0.05) is 0 Å². The first-order chi connectivity index (χ1) is 8.95. The molecule has 0 amide bonds. The van der Waals surface area contributed by atoms with Gasteiger partial charge in [0.2, 0.25) is 0 Å². The van der Waals surface area contributed by atoms with Crippen molar-refractivity contribution in [3.05, 3.63) is 41.5 Å². The average Bonchev–Trinajstić information content (AvgIpc) is 3.12. The molecule has 6 heteroatoms. The Balaban J connectivity index is 1.91. The van der Waals surface area contributed by atoms with Crippen molar-refractivity contribution in [1.29, 1.82) is 0 Å². The molecular formula is C13H12F3N3. The van der Waals surface area contributed by atoms with E-state index in [0.29, 0.717) is 11.6 Å². The van der Waals surface area contributed by atoms with Crippen LogP contribution in [0.15, 0.2) is 24.5 Å². The van der Waals surface area contributed by atoms with Crippen molar-refractivity contribution in [1.82, 2.24) is 14.8 Å². The number of halogens is 3. The lowest BCUT2D eigenvalue weighted by Gasteiger charge is -2.06. The molecule has 0 radical (unpaired) electrons. The Morgan fingerprint density at radius 2 is 2.00 bits per heavy atom. The highest BCUT2D eigenvalue weighted by atomic mass is 19.4. The highest BCUT2D eigenvalue weighted by Crippen LogP contribution is 2.40. The third-order valence-corrected chi connectivity index (χ3v) is 3.20. The van der Waals surface area contributed by atoms with Crippen LogP contribution in [0.3, 0.4) is 0 Å². The van der Waals surface area contributed by atoms with Gasteiger partial charge in [0.1, 0.15) is 5.69 Å². The fraction of sp³-hybridized carbons (Fsp3) is 0.385. The van der Waals surface area contributed by atoms with E-state index in [1.807, 2.05) is 13.1 Å². The molecule has 0 bridgehead atoms. The Bertz CT molecular complexity index is 595. The minimum atomic E-state index is -4.41. The van der Waals surface area contributed by atoms with Crippen LogP contribution in [-0.4, -0.2) is 14.8 Å². The van der Waals surface area contributed by atoms with E-state index in [2.05, 4.69) is 10.1 Å². The van der Waals surface area contributed by atoms with Crippen LogP contribution >= 0.6 is 0 Å². The summed E-state index contributed by atoms with van der Waals surface area (Å²) in [5.74, 6) is 0.517. The number of rotatable bonds is 2. The van der Waals surface area contributed by atoms with Gasteiger partial charge < -0.3 is 0 Å². The maximum absolute atomic E-state index is 12.4. The average molecular weight is 267 g/mol. The standard InChI is InChI=1S/C13H12F3N3/c1-8-7-19(18-12(8)9-2-3-9)10-4-5-11(17-6-10)13(14,15)16/h4-7,9H,2-3H2,1H3. The second-order valence-electron chi connectivity index (χ2n) is 4.82. The molecule has 1 aliphatic carbocycles. The van der Waals surface area contributed by atoms with E-state index in [4.69, 9.17) is 0 Å². The number of hydrogen-bond acceptors (Lipinski definition) is 2. The Morgan fingerprint density at radius 1 is 1.26 bits per heavy atom. The molecule has 0 saturated heterocycles. The monoisotopic (exact) mass is 267 g/mol. The molecule has 0 N–H and O–H groups in total. The third-order valence-electron chi connectivity index (χ3n) is 3.20. The number of pyridine rings is 1. The first-order valence-corrected chi connectivity index (χ1v) is 6.05. The summed E-state index contributed by atoms with van der Waals surface area (Å²) in [6.07, 6.45) is 0.911. The van der Waals surface area contributed by atoms with E-state index in [9.17, 15) is 13.2 Å². The van der Waals surface area contributed by atoms with E-state index in [1.165, 1.54) is 12.3 Å². The fourth-order valence-corrected chi connectivity index (χ4v) is 2.06. The Morgan fingerprint density at radius 3 is 2.53 bits per heavy atom. The van der Waals surface area contributed by atoms with Gasteiger partial charge in [-0.2, -0.15) is 18.3 Å². The summed E-state index contributed by atoms with van der Waals surface area (Å²) < 4.78 is 38.9. The highest BCUT2D eigenvalue weighted by Gasteiger charge is 2.32. The number of aryl methyl sites for hydroxylation is 1. The second kappa shape index (κ2) is 4.08. The molecule has 0 unspecified atom stereocenters. The first kappa shape index (κ1) is 12.2. The van der Waals surface area contributed by atoms with Crippen LogP contribution in [0.2, 0.25) is 0 Å². The molecule has 1 fully saturated rings. The number of aromatic nitrogens is 3. The maximum atomic E-state index is 12.4. The van der Waals surface area contributed by atoms with Gasteiger partial charge in [0.25, 0.3) is 0 Å². The molecule has 19 heavy (non-hydrogen) atoms. The zero-order valence-electron chi connectivity index (χ0n) is 10.3. The zero-order valence-corrected chi connectivity index (χ0v) is 10.3. The number of nitrogens with zero attached hydrogens (tertiary/aromatic N) is 3. The number of hydrogen-bond donors (Lipinski definition) is 0. The Labute approximate surface area is 108 Å². The molecule has 2 aromatic heterocycles. The van der Waals surface area contributed by atoms with Crippen LogP contribution < -0.4 is 0 Å². The first-order valence-electron chi connectivity index (χ1n) is 6.05. The summed E-state index contributed by atoms with van der Waals surface area (Å²) in [5, 5.41) is 4.43. The summed E-state index contributed by atoms with van der Waals surface area (Å²) in [6, 6.07) is 2.36. The van der Waals surface area contributed by atoms with Crippen molar-refractivity contribution in [2.45, 2.75) is 31.9 Å². The molecule has 100 valence electrons. The zero-order chi connectivity index (χ0) is 13.6. The summed E-state index contributed by atoms with van der Waals surface area (Å²) in [6.45, 7) is 1.97. The predicted octanol–water partition coefficient (Wildman–Crippen LogP) is 3.47. The highest BCUT2D eigenvalue weighted by molar-refractivity contribution is 5.33. The van der Waals surface area contributed by atoms with Crippen molar-refractivity contribution in [2.75, 3.05) is 0 Å². The molecule has 3 rings (SSSR count). The Hall–Kier alpha value is -1.85. The van der Waals surface area contributed by atoms with Crippen LogP contribution in [0.4, 0.5) is 13.2 Å². The van der Waals surface area contributed by atoms with E-state index in [0.717, 1.165) is 30.2 Å². The van der Waals surface area contributed by atoms with Crippen molar-refractivity contribution in [3.8, 4) is 5.69 Å². The molecule has 1 saturated carbocycles. The van der Waals surface area contributed by atoms with Gasteiger partial charge in [-0.05, 0) is 37.5 Å². The summed E-state index contributed by atoms with van der Waals surface area (Å²) in [7, 11) is 0. The lowest BCUT2D eigenvalue weighted by molar-refractivity contribution is -0.141. The fourth-order valence-electron chi connectivity index (χ4n) is 2.06. The van der Waals surface area contributed by atoms with Gasteiger partial charge in [-0.15, -0.1) is 0 Å². The van der Waals surface area contributed by atoms with Crippen LogP contribution in [0.1, 0.15) is 35.7 Å². The normalized spacial score (nSPS) is 15.8. The molecule has 2 aromatic rings. The van der Waals surface area contributed by atoms with Crippen molar-refractivity contribution < 1.29 is 13.2 Å². The molecule has 3 nitrogen and oxygen atoms in total. The number of alkyl halides is 3. The molecule has 1 aliphatic rings. The molecule has 0 atom stereocenters. The third kappa shape index (κ3) is 2.34. The molecule has 0 spiro atoms. The Kier molecular flexibility index (Phi) is 2.62. The van der Waals surface area contributed by atoms with Gasteiger partial charge in [0.15, 0.2) is 0 Å². The van der Waals surface area contributed by atoms with Crippen molar-refractivity contribution in [3.63, 3.8) is 0 Å². The van der Waals surface area contributed by atoms with Gasteiger partial charge in [-0.3, -0.25) is 0 Å². The summed E-state index contributed by atoms with van der Waals surface area (Å²) >= 11 is 0. The van der Waals surface area contributed by atoms with Crippen molar-refractivity contribution in [2.24, 2.45) is 0 Å². The summed E-state index contributed by atoms with van der Waals surface area (Å²) in [4.78, 5) is 3.44. The largest absolute Gasteiger partial charge is 0.433 e. The predicted molar refractivity (Wildman–Crippen MR) is 63.1 cm³/mol. The quantitative estimate of drug-likeness (QED) is 0.834. The minimum Gasteiger partial charge on any atom is -0.250 e. The van der Waals surface area contributed by atoms with Gasteiger partial charge in [-0.25, -0.2) is 9.67 Å². The van der Waals surface area contributed by atoms with E-state index >= 15 is 0 Å². The van der Waals surface area contributed by atoms with Gasteiger partial charge in [0.05, 0.1) is 17.6 Å². The summed E-state index contributed by atoms with van der Waals surface area (Å²) in [5.41, 5.74) is 1.77. The molecule has 0 aliphatic heterocycles. The topological polar surface area (TPSA) is 30.7 Å². The lowest BCUT2D eigenvalue weighted by Crippen LogP contribution is -2.08. The van der Waals surface area contributed by atoms with Crippen LogP contribution in [0, 0.1) is 6.92 Å². The van der Waals surface area contributed by atoms with Gasteiger partial charge in [0, 0.05) is 12.1 Å². The smallest absolute Gasteiger partial charge is 0.250 e. The lowest BCUT2D eigenvalue weighted by atomic mass is 10.2. The SMILES string of the molecule is Cc1cn(-c2ccc(C(F)(F)F)nc2)nc1C1CC1. The second-order valence-corrected chi connectivity index (χ2v) is 4.82. The van der Waals surface area contributed by atoms with Crippen LogP contribution in [0.25, 0.3) is 5.69 Å². The van der Waals surface area contributed by atoms with E-state index in [1.54, 1.807) is 4.68 Å². The van der Waals surface area contributed by atoms with Crippen LogP contribution in [-0.2, 0) is 6.18 Å². The van der Waals surface area contributed by atoms with E-state index < -0.39 is 11.9 Å². The van der Waals surface area contributed by atoms with Crippen molar-refractivity contribution >= 4 is 0 Å². The molecular weight excluding hydrogens is 255 g/mol. The minimum absolute atomic E-state index is 0.517. The van der Waals surface area contributed by atoms with Crippen LogP contribution in [0.5, 0.6) is 0 Å². The maximum Gasteiger partial charge on any atom is 0.433 e. The van der Waals surface area contributed by atoms with Gasteiger partial charge >= 0.3 is 6.18 Å². The molecule has 2 heterocycles.